The number of aromatic hydroxyl groups is 2. The zero-order chi connectivity index (χ0) is 44.4. The van der Waals surface area contributed by atoms with Crippen LogP contribution >= 0.6 is 0 Å². The summed E-state index contributed by atoms with van der Waals surface area (Å²) in [6, 6.07) is 60.1. The Kier molecular flexibility index (Phi) is 12.2. The highest BCUT2D eigenvalue weighted by Gasteiger charge is 2.23. The zero-order valence-corrected chi connectivity index (χ0v) is 37.7. The number of aromatic nitrogens is 4. The summed E-state index contributed by atoms with van der Waals surface area (Å²) in [5, 5.41) is 23.2. The van der Waals surface area contributed by atoms with Crippen molar-refractivity contribution in [1.82, 2.24) is 18.3 Å². The summed E-state index contributed by atoms with van der Waals surface area (Å²) in [7, 11) is 0. The molecule has 63 heavy (non-hydrogen) atoms. The van der Waals surface area contributed by atoms with E-state index in [0.717, 1.165) is 67.9 Å². The van der Waals surface area contributed by atoms with Gasteiger partial charge in [-0.2, -0.15) is 0 Å². The zero-order valence-electron chi connectivity index (χ0n) is 37.7. The van der Waals surface area contributed by atoms with Crippen molar-refractivity contribution in [3.63, 3.8) is 0 Å². The van der Waals surface area contributed by atoms with E-state index in [1.165, 1.54) is 17.1 Å². The van der Waals surface area contributed by atoms with Gasteiger partial charge in [0.1, 0.15) is 0 Å². The first-order valence-electron chi connectivity index (χ1n) is 22.1. The molecule has 0 amide bonds. The van der Waals surface area contributed by atoms with Gasteiger partial charge < -0.3 is 28.5 Å². The first kappa shape index (κ1) is 42.5. The maximum Gasteiger partial charge on any atom is 0.163 e. The summed E-state index contributed by atoms with van der Waals surface area (Å²) in [5.41, 5.74) is 15.4. The number of phenols is 2. The summed E-state index contributed by atoms with van der Waals surface area (Å²) in [4.78, 5) is 0. The van der Waals surface area contributed by atoms with Crippen LogP contribution in [-0.2, 0) is 0 Å². The van der Waals surface area contributed by atoms with Gasteiger partial charge in [-0.15, -0.1) is 0 Å². The fourth-order valence-corrected chi connectivity index (χ4v) is 8.80. The third kappa shape index (κ3) is 8.17. The van der Waals surface area contributed by atoms with Crippen LogP contribution in [-0.4, -0.2) is 28.5 Å². The second kappa shape index (κ2) is 18.0. The van der Waals surface area contributed by atoms with Gasteiger partial charge in [0.05, 0.1) is 39.8 Å². The Hall–Kier alpha value is -7.18. The van der Waals surface area contributed by atoms with Crippen LogP contribution < -0.4 is 0 Å². The highest BCUT2D eigenvalue weighted by molar-refractivity contribution is 5.77. The highest BCUT2D eigenvalue weighted by Crippen LogP contribution is 2.41. The third-order valence-electron chi connectivity index (χ3n) is 11.9. The molecule has 0 unspecified atom stereocenters. The molecule has 6 heteroatoms. The van der Waals surface area contributed by atoms with Crippen molar-refractivity contribution in [2.45, 2.75) is 73.1 Å². The molecule has 0 saturated carbocycles. The molecular weight excluding hydrogens is 773 g/mol. The van der Waals surface area contributed by atoms with Crippen LogP contribution in [0.15, 0.2) is 176 Å². The van der Waals surface area contributed by atoms with Crippen molar-refractivity contribution in [2.24, 2.45) is 0 Å². The predicted molar refractivity (Wildman–Crippen MR) is 262 cm³/mol. The Bertz CT molecular complexity index is 2880. The smallest absolute Gasteiger partial charge is 0.163 e. The number of rotatable bonds is 10. The van der Waals surface area contributed by atoms with Gasteiger partial charge >= 0.3 is 0 Å². The fraction of sp³-hybridized carbons (Fsp3) is 0.193. The van der Waals surface area contributed by atoms with Gasteiger partial charge in [-0.25, -0.2) is 0 Å². The lowest BCUT2D eigenvalue weighted by atomic mass is 10.1. The molecule has 2 N–H and O–H groups in total. The van der Waals surface area contributed by atoms with Crippen molar-refractivity contribution in [3.05, 3.63) is 204 Å². The molecule has 0 spiro atoms. The number of aryl methyl sites for hydroxylation is 2. The summed E-state index contributed by atoms with van der Waals surface area (Å²) < 4.78 is 8.70. The van der Waals surface area contributed by atoms with Gasteiger partial charge in [0.15, 0.2) is 11.5 Å². The molecule has 0 aliphatic rings. The van der Waals surface area contributed by atoms with E-state index >= 15 is 0 Å². The van der Waals surface area contributed by atoms with Crippen molar-refractivity contribution in [2.75, 3.05) is 0 Å². The second-order valence-corrected chi connectivity index (χ2v) is 17.2. The van der Waals surface area contributed by atoms with E-state index in [2.05, 4.69) is 159 Å². The minimum Gasteiger partial charge on any atom is -0.504 e. The van der Waals surface area contributed by atoms with Gasteiger partial charge in [0, 0.05) is 28.5 Å². The van der Waals surface area contributed by atoms with E-state index in [0.29, 0.717) is 23.5 Å². The van der Waals surface area contributed by atoms with Crippen LogP contribution in [0.1, 0.15) is 87.8 Å². The SMILES string of the molecule is Cc1ccc(-c2ccccc2)n1-c1cccc(-n2c(-c3ccccc3)ccc2-c2ccccc2)c1O.Cc1ccc(C(C)C)n1-c1cccc(-n2c(C(C)C)ccc2C(C)C)c1O. The molecule has 0 aliphatic heterocycles. The Labute approximate surface area is 372 Å². The van der Waals surface area contributed by atoms with E-state index in [9.17, 15) is 10.2 Å². The molecular formula is C57H58N4O2. The van der Waals surface area contributed by atoms with Gasteiger partial charge in [0.25, 0.3) is 0 Å². The van der Waals surface area contributed by atoms with E-state index in [4.69, 9.17) is 0 Å². The number of hydrogen-bond acceptors (Lipinski definition) is 2. The molecule has 9 rings (SSSR count). The molecule has 0 fully saturated rings. The fourth-order valence-electron chi connectivity index (χ4n) is 8.80. The lowest BCUT2D eigenvalue weighted by Gasteiger charge is -2.22. The average Bonchev–Trinajstić information content (AvgIpc) is 4.10. The molecule has 6 nitrogen and oxygen atoms in total. The number of phenolic OH excluding ortho intramolecular Hbond substituents is 2. The molecule has 4 aromatic heterocycles. The van der Waals surface area contributed by atoms with E-state index < -0.39 is 0 Å². The monoisotopic (exact) mass is 830 g/mol. The van der Waals surface area contributed by atoms with Gasteiger partial charge in [-0.05, 0) is 121 Å². The van der Waals surface area contributed by atoms with Crippen molar-refractivity contribution in [1.29, 1.82) is 0 Å². The summed E-state index contributed by atoms with van der Waals surface area (Å²) in [6.07, 6.45) is 0. The number of benzene rings is 5. The van der Waals surface area contributed by atoms with E-state index in [1.807, 2.05) is 91.0 Å². The maximum atomic E-state index is 11.8. The molecule has 0 atom stereocenters. The van der Waals surface area contributed by atoms with E-state index in [-0.39, 0.29) is 5.75 Å². The Morgan fingerprint density at radius 3 is 1.03 bits per heavy atom. The lowest BCUT2D eigenvalue weighted by Crippen LogP contribution is -2.09. The first-order valence-corrected chi connectivity index (χ1v) is 22.1. The van der Waals surface area contributed by atoms with E-state index in [1.54, 1.807) is 0 Å². The Morgan fingerprint density at radius 2 is 0.603 bits per heavy atom. The molecule has 4 heterocycles. The Morgan fingerprint density at radius 1 is 0.302 bits per heavy atom. The lowest BCUT2D eigenvalue weighted by molar-refractivity contribution is 0.466. The highest BCUT2D eigenvalue weighted by atomic mass is 16.3. The Balaban J connectivity index is 0.000000181. The molecule has 0 bridgehead atoms. The van der Waals surface area contributed by atoms with Gasteiger partial charge in [0.2, 0.25) is 0 Å². The molecule has 0 aliphatic carbocycles. The quantitative estimate of drug-likeness (QED) is 0.144. The maximum absolute atomic E-state index is 11.8. The van der Waals surface area contributed by atoms with Crippen LogP contribution in [0.25, 0.3) is 56.5 Å². The summed E-state index contributed by atoms with van der Waals surface area (Å²) >= 11 is 0. The molecule has 318 valence electrons. The second-order valence-electron chi connectivity index (χ2n) is 17.2. The topological polar surface area (TPSA) is 60.2 Å². The van der Waals surface area contributed by atoms with Crippen LogP contribution in [0, 0.1) is 13.8 Å². The van der Waals surface area contributed by atoms with Crippen LogP contribution in [0.5, 0.6) is 11.5 Å². The normalized spacial score (nSPS) is 11.4. The van der Waals surface area contributed by atoms with Crippen molar-refractivity contribution >= 4 is 0 Å². The first-order chi connectivity index (χ1) is 30.5. The summed E-state index contributed by atoms with van der Waals surface area (Å²) in [6.45, 7) is 17.3. The molecule has 0 saturated heterocycles. The van der Waals surface area contributed by atoms with Crippen LogP contribution in [0.3, 0.4) is 0 Å². The van der Waals surface area contributed by atoms with Gasteiger partial charge in [-0.3, -0.25) is 0 Å². The molecule has 9 aromatic rings. The number of hydrogen-bond donors (Lipinski definition) is 2. The van der Waals surface area contributed by atoms with Crippen molar-refractivity contribution in [3.8, 4) is 68.0 Å². The van der Waals surface area contributed by atoms with Crippen molar-refractivity contribution < 1.29 is 10.2 Å². The average molecular weight is 831 g/mol. The molecule has 0 radical (unpaired) electrons. The largest absolute Gasteiger partial charge is 0.504 e. The standard InChI is InChI=1S/C33H26N2O.C24H32N2O/c1-24-20-21-28(25-12-5-2-6-13-25)34(24)31-18-11-19-32(33(31)36)35-29(26-14-7-3-8-15-26)22-23-30(35)27-16-9-4-10-17-27;1-15(2)19-12-11-18(7)25(19)22-9-8-10-23(24(22)27)26-20(16(3)4)13-14-21(26)17(5)6/h2-23,36H,1H3;8-17,27H,1-7H3. The minimum absolute atomic E-state index is 0.236. The number of para-hydroxylation sites is 2. The predicted octanol–water partition coefficient (Wildman–Crippen LogP) is 14.9. The van der Waals surface area contributed by atoms with Crippen LogP contribution in [0.2, 0.25) is 0 Å². The summed E-state index contributed by atoms with van der Waals surface area (Å²) in [5.74, 6) is 1.70. The molecule has 5 aromatic carbocycles. The van der Waals surface area contributed by atoms with Crippen LogP contribution in [0.4, 0.5) is 0 Å². The minimum atomic E-state index is 0.236. The van der Waals surface area contributed by atoms with Gasteiger partial charge in [-0.1, -0.05) is 145 Å². The number of nitrogens with zero attached hydrogens (tertiary/aromatic N) is 4. The third-order valence-corrected chi connectivity index (χ3v) is 11.9.